The van der Waals surface area contributed by atoms with Crippen LogP contribution >= 0.6 is 0 Å². The Morgan fingerprint density at radius 3 is 2.63 bits per heavy atom. The summed E-state index contributed by atoms with van der Waals surface area (Å²) in [6, 6.07) is 9.83. The van der Waals surface area contributed by atoms with Crippen LogP contribution < -0.4 is 5.73 Å². The molecule has 0 spiro atoms. The normalized spacial score (nSPS) is 16.5. The van der Waals surface area contributed by atoms with E-state index in [1.54, 1.807) is 0 Å². The quantitative estimate of drug-likeness (QED) is 0.860. The summed E-state index contributed by atoms with van der Waals surface area (Å²) in [6.07, 6.45) is 3.92. The van der Waals surface area contributed by atoms with Crippen LogP contribution in [0.4, 0.5) is 0 Å². The second-order valence-corrected chi connectivity index (χ2v) is 5.20. The maximum absolute atomic E-state index is 10.2. The van der Waals surface area contributed by atoms with E-state index in [-0.39, 0.29) is 0 Å². The van der Waals surface area contributed by atoms with E-state index < -0.39 is 6.10 Å². The molecule has 1 heterocycles. The summed E-state index contributed by atoms with van der Waals surface area (Å²) in [5.74, 6) is 0.655. The molecule has 1 aromatic heterocycles. The maximum atomic E-state index is 10.2. The average Bonchev–Trinajstić information content (AvgIpc) is 3.20. The van der Waals surface area contributed by atoms with Crippen LogP contribution in [0.3, 0.4) is 0 Å². The van der Waals surface area contributed by atoms with Gasteiger partial charge in [-0.2, -0.15) is 5.10 Å². The summed E-state index contributed by atoms with van der Waals surface area (Å²) < 4.78 is 1.83. The predicted molar refractivity (Wildman–Crippen MR) is 73.5 cm³/mol. The number of nitrogens with two attached hydrogens (primary N) is 1. The zero-order valence-electron chi connectivity index (χ0n) is 10.9. The summed E-state index contributed by atoms with van der Waals surface area (Å²) in [6.45, 7) is 1.02. The first-order valence-corrected chi connectivity index (χ1v) is 6.76. The largest absolute Gasteiger partial charge is 0.386 e. The number of aliphatic hydroxyl groups is 1. The fraction of sp³-hybridized carbons (Fsp3) is 0.400. The summed E-state index contributed by atoms with van der Waals surface area (Å²) in [5.41, 5.74) is 8.70. The second-order valence-electron chi connectivity index (χ2n) is 5.20. The van der Waals surface area contributed by atoms with Crippen molar-refractivity contribution in [3.8, 4) is 0 Å². The van der Waals surface area contributed by atoms with E-state index in [1.807, 2.05) is 35.1 Å². The SMILES string of the molecule is NCc1ccc(C(O)Cn2ccc(C3CC3)n2)cc1. The van der Waals surface area contributed by atoms with Crippen molar-refractivity contribution < 1.29 is 5.11 Å². The Hall–Kier alpha value is -1.65. The smallest absolute Gasteiger partial charge is 0.0985 e. The third-order valence-corrected chi connectivity index (χ3v) is 3.62. The number of rotatable bonds is 5. The number of aliphatic hydroxyl groups excluding tert-OH is 1. The molecule has 100 valence electrons. The van der Waals surface area contributed by atoms with Crippen LogP contribution in [0.1, 0.15) is 41.7 Å². The van der Waals surface area contributed by atoms with Gasteiger partial charge in [-0.05, 0) is 30.0 Å². The summed E-state index contributed by atoms with van der Waals surface area (Å²) in [4.78, 5) is 0. The van der Waals surface area contributed by atoms with Gasteiger partial charge in [0.15, 0.2) is 0 Å². The highest BCUT2D eigenvalue weighted by Crippen LogP contribution is 2.38. The third-order valence-electron chi connectivity index (χ3n) is 3.62. The van der Waals surface area contributed by atoms with Gasteiger partial charge in [0.1, 0.15) is 0 Å². The molecule has 1 atom stereocenters. The fourth-order valence-electron chi connectivity index (χ4n) is 2.23. The van der Waals surface area contributed by atoms with Gasteiger partial charge in [0.25, 0.3) is 0 Å². The summed E-state index contributed by atoms with van der Waals surface area (Å²) in [5, 5.41) is 14.7. The Bertz CT molecular complexity index is 543. The molecule has 4 nitrogen and oxygen atoms in total. The Kier molecular flexibility index (Phi) is 3.36. The molecule has 1 aliphatic rings. The number of hydrogen-bond acceptors (Lipinski definition) is 3. The van der Waals surface area contributed by atoms with E-state index in [4.69, 9.17) is 5.73 Å². The van der Waals surface area contributed by atoms with E-state index >= 15 is 0 Å². The van der Waals surface area contributed by atoms with Crippen molar-refractivity contribution in [2.24, 2.45) is 5.73 Å². The molecule has 1 unspecified atom stereocenters. The average molecular weight is 257 g/mol. The highest BCUT2D eigenvalue weighted by molar-refractivity contribution is 5.24. The Balaban J connectivity index is 1.66. The van der Waals surface area contributed by atoms with Gasteiger partial charge in [0.2, 0.25) is 0 Å². The maximum Gasteiger partial charge on any atom is 0.0985 e. The van der Waals surface area contributed by atoms with Crippen LogP contribution in [0.5, 0.6) is 0 Å². The lowest BCUT2D eigenvalue weighted by molar-refractivity contribution is 0.151. The van der Waals surface area contributed by atoms with Crippen molar-refractivity contribution in [1.29, 1.82) is 0 Å². The van der Waals surface area contributed by atoms with Crippen LogP contribution in [0.15, 0.2) is 36.5 Å². The summed E-state index contributed by atoms with van der Waals surface area (Å²) >= 11 is 0. The van der Waals surface area contributed by atoms with Gasteiger partial charge in [-0.15, -0.1) is 0 Å². The van der Waals surface area contributed by atoms with E-state index in [0.29, 0.717) is 19.0 Å². The van der Waals surface area contributed by atoms with Crippen molar-refractivity contribution in [2.45, 2.75) is 38.0 Å². The Morgan fingerprint density at radius 1 is 1.26 bits per heavy atom. The van der Waals surface area contributed by atoms with Crippen LogP contribution in [-0.4, -0.2) is 14.9 Å². The molecule has 1 aromatic carbocycles. The van der Waals surface area contributed by atoms with Crippen LogP contribution in [0, 0.1) is 0 Å². The van der Waals surface area contributed by atoms with E-state index in [2.05, 4.69) is 11.2 Å². The van der Waals surface area contributed by atoms with Crippen LogP contribution in [0.2, 0.25) is 0 Å². The molecular formula is C15H19N3O. The minimum Gasteiger partial charge on any atom is -0.386 e. The van der Waals surface area contributed by atoms with E-state index in [9.17, 15) is 5.11 Å². The van der Waals surface area contributed by atoms with Crippen molar-refractivity contribution in [1.82, 2.24) is 9.78 Å². The van der Waals surface area contributed by atoms with Gasteiger partial charge in [-0.1, -0.05) is 24.3 Å². The van der Waals surface area contributed by atoms with Gasteiger partial charge in [0, 0.05) is 18.7 Å². The first-order chi connectivity index (χ1) is 9.26. The lowest BCUT2D eigenvalue weighted by atomic mass is 10.1. The summed E-state index contributed by atoms with van der Waals surface area (Å²) in [7, 11) is 0. The van der Waals surface area contributed by atoms with Crippen molar-refractivity contribution >= 4 is 0 Å². The molecule has 4 heteroatoms. The molecule has 2 aromatic rings. The molecule has 1 saturated carbocycles. The number of aromatic nitrogens is 2. The molecule has 19 heavy (non-hydrogen) atoms. The molecule has 3 N–H and O–H groups in total. The highest BCUT2D eigenvalue weighted by atomic mass is 16.3. The molecule has 0 saturated heterocycles. The second kappa shape index (κ2) is 5.15. The first-order valence-electron chi connectivity index (χ1n) is 6.76. The van der Waals surface area contributed by atoms with Crippen LogP contribution in [0.25, 0.3) is 0 Å². The third kappa shape index (κ3) is 2.85. The van der Waals surface area contributed by atoms with Gasteiger partial charge in [-0.25, -0.2) is 0 Å². The van der Waals surface area contributed by atoms with Crippen molar-refractivity contribution in [2.75, 3.05) is 0 Å². The lowest BCUT2D eigenvalue weighted by Crippen LogP contribution is -2.09. The highest BCUT2D eigenvalue weighted by Gasteiger charge is 2.25. The number of nitrogens with zero attached hydrogens (tertiary/aromatic N) is 2. The zero-order chi connectivity index (χ0) is 13.2. The monoisotopic (exact) mass is 257 g/mol. The Morgan fingerprint density at radius 2 is 2.00 bits per heavy atom. The molecule has 0 amide bonds. The topological polar surface area (TPSA) is 64.1 Å². The Labute approximate surface area is 112 Å². The van der Waals surface area contributed by atoms with E-state index in [1.165, 1.54) is 12.8 Å². The molecule has 1 aliphatic carbocycles. The molecular weight excluding hydrogens is 238 g/mol. The minimum absolute atomic E-state index is 0.495. The number of benzene rings is 1. The number of hydrogen-bond donors (Lipinski definition) is 2. The van der Waals surface area contributed by atoms with Gasteiger partial charge in [0.05, 0.1) is 18.3 Å². The lowest BCUT2D eigenvalue weighted by Gasteiger charge is -2.11. The standard InChI is InChI=1S/C15H19N3O/c16-9-11-1-3-13(4-2-11)15(19)10-18-8-7-14(17-18)12-5-6-12/h1-4,7-8,12,15,19H,5-6,9-10,16H2. The molecule has 0 radical (unpaired) electrons. The molecule has 0 bridgehead atoms. The molecule has 1 fully saturated rings. The molecule has 0 aliphatic heterocycles. The van der Waals surface area contributed by atoms with Crippen molar-refractivity contribution in [3.05, 3.63) is 53.3 Å². The van der Waals surface area contributed by atoms with Crippen molar-refractivity contribution in [3.63, 3.8) is 0 Å². The first kappa shape index (κ1) is 12.4. The van der Waals surface area contributed by atoms with Gasteiger partial charge >= 0.3 is 0 Å². The van der Waals surface area contributed by atoms with Gasteiger partial charge in [-0.3, -0.25) is 4.68 Å². The fourth-order valence-corrected chi connectivity index (χ4v) is 2.23. The minimum atomic E-state index is -0.529. The zero-order valence-corrected chi connectivity index (χ0v) is 10.9. The van der Waals surface area contributed by atoms with Crippen LogP contribution in [-0.2, 0) is 13.1 Å². The molecule has 3 rings (SSSR count). The van der Waals surface area contributed by atoms with Gasteiger partial charge < -0.3 is 10.8 Å². The predicted octanol–water partition coefficient (Wildman–Crippen LogP) is 1.95. The van der Waals surface area contributed by atoms with E-state index in [0.717, 1.165) is 16.8 Å².